The molecule has 0 spiro atoms. The van der Waals surface area contributed by atoms with E-state index in [0.29, 0.717) is 17.9 Å². The van der Waals surface area contributed by atoms with Gasteiger partial charge in [0.15, 0.2) is 0 Å². The van der Waals surface area contributed by atoms with Gasteiger partial charge in [0.2, 0.25) is 0 Å². The first-order chi connectivity index (χ1) is 10.1. The molecule has 1 aliphatic carbocycles. The van der Waals surface area contributed by atoms with Gasteiger partial charge in [-0.1, -0.05) is 38.1 Å². The molecule has 0 radical (unpaired) electrons. The molecule has 1 N–H and O–H groups in total. The van der Waals surface area contributed by atoms with Crippen LogP contribution in [-0.2, 0) is 0 Å². The van der Waals surface area contributed by atoms with Gasteiger partial charge in [-0.25, -0.2) is 4.39 Å². The molecule has 21 heavy (non-hydrogen) atoms. The fourth-order valence-corrected chi connectivity index (χ4v) is 2.99. The summed E-state index contributed by atoms with van der Waals surface area (Å²) >= 11 is 0. The first-order valence-electron chi connectivity index (χ1n) is 7.74. The van der Waals surface area contributed by atoms with Crippen LogP contribution in [0, 0.1) is 5.82 Å². The van der Waals surface area contributed by atoms with Gasteiger partial charge in [-0.2, -0.15) is 0 Å². The van der Waals surface area contributed by atoms with Crippen molar-refractivity contribution in [1.82, 2.24) is 0 Å². The lowest BCUT2D eigenvalue weighted by Gasteiger charge is -2.37. The summed E-state index contributed by atoms with van der Waals surface area (Å²) in [6.45, 7) is 4.42. The Morgan fingerprint density at radius 2 is 1.81 bits per heavy atom. The van der Waals surface area contributed by atoms with Crippen LogP contribution in [0.5, 0.6) is 0 Å². The Balaban J connectivity index is 1.59. The molecule has 0 bridgehead atoms. The number of anilines is 1. The van der Waals surface area contributed by atoms with E-state index in [-0.39, 0.29) is 5.82 Å². The van der Waals surface area contributed by atoms with Gasteiger partial charge in [0, 0.05) is 11.7 Å². The molecule has 0 atom stereocenters. The SMILES string of the molecule is CC(C)c1cccc(NC2CC(c3cccc(F)c3)C2)c1. The maximum absolute atomic E-state index is 13.2. The number of benzene rings is 2. The molecule has 3 rings (SSSR count). The third-order valence-electron chi connectivity index (χ3n) is 4.38. The van der Waals surface area contributed by atoms with Crippen LogP contribution in [-0.4, -0.2) is 6.04 Å². The van der Waals surface area contributed by atoms with Crippen LogP contribution >= 0.6 is 0 Å². The fourth-order valence-electron chi connectivity index (χ4n) is 2.99. The Bertz CT molecular complexity index is 614. The molecule has 2 aromatic carbocycles. The Morgan fingerprint density at radius 3 is 2.52 bits per heavy atom. The molecular formula is C19H22FN. The largest absolute Gasteiger partial charge is 0.382 e. The number of nitrogens with one attached hydrogen (secondary N) is 1. The zero-order chi connectivity index (χ0) is 14.8. The fraction of sp³-hybridized carbons (Fsp3) is 0.368. The molecule has 0 aliphatic heterocycles. The second kappa shape index (κ2) is 5.88. The third kappa shape index (κ3) is 3.26. The van der Waals surface area contributed by atoms with E-state index in [4.69, 9.17) is 0 Å². The number of hydrogen-bond donors (Lipinski definition) is 1. The molecular weight excluding hydrogens is 261 g/mol. The average Bonchev–Trinajstić information content (AvgIpc) is 2.42. The Hall–Kier alpha value is -1.83. The van der Waals surface area contributed by atoms with Crippen molar-refractivity contribution < 1.29 is 4.39 Å². The summed E-state index contributed by atoms with van der Waals surface area (Å²) < 4.78 is 13.2. The average molecular weight is 283 g/mol. The van der Waals surface area contributed by atoms with Crippen molar-refractivity contribution in [3.8, 4) is 0 Å². The molecule has 2 heteroatoms. The molecule has 0 heterocycles. The van der Waals surface area contributed by atoms with Gasteiger partial charge in [0.05, 0.1) is 0 Å². The smallest absolute Gasteiger partial charge is 0.123 e. The molecule has 1 saturated carbocycles. The van der Waals surface area contributed by atoms with Crippen molar-refractivity contribution in [2.45, 2.75) is 44.6 Å². The summed E-state index contributed by atoms with van der Waals surface area (Å²) in [7, 11) is 0. The van der Waals surface area contributed by atoms with Crippen molar-refractivity contribution in [1.29, 1.82) is 0 Å². The van der Waals surface area contributed by atoms with Gasteiger partial charge in [-0.15, -0.1) is 0 Å². The van der Waals surface area contributed by atoms with Crippen LogP contribution in [0.25, 0.3) is 0 Å². The lowest BCUT2D eigenvalue weighted by molar-refractivity contribution is 0.373. The van der Waals surface area contributed by atoms with Crippen LogP contribution in [0.2, 0.25) is 0 Å². The van der Waals surface area contributed by atoms with E-state index < -0.39 is 0 Å². The second-order valence-corrected chi connectivity index (χ2v) is 6.34. The lowest BCUT2D eigenvalue weighted by atomic mass is 9.76. The third-order valence-corrected chi connectivity index (χ3v) is 4.38. The quantitative estimate of drug-likeness (QED) is 0.802. The molecule has 1 fully saturated rings. The highest BCUT2D eigenvalue weighted by Crippen LogP contribution is 2.38. The number of hydrogen-bond acceptors (Lipinski definition) is 1. The van der Waals surface area contributed by atoms with Crippen LogP contribution in [0.4, 0.5) is 10.1 Å². The molecule has 0 saturated heterocycles. The minimum Gasteiger partial charge on any atom is -0.382 e. The molecule has 2 aromatic rings. The monoisotopic (exact) mass is 283 g/mol. The van der Waals surface area contributed by atoms with E-state index in [9.17, 15) is 4.39 Å². The molecule has 0 amide bonds. The first kappa shape index (κ1) is 14.1. The standard InChI is InChI=1S/C19H22FN/c1-13(2)14-5-4-8-18(10-14)21-19-11-16(12-19)15-6-3-7-17(20)9-15/h3-10,13,16,19,21H,11-12H2,1-2H3. The van der Waals surface area contributed by atoms with Crippen LogP contribution < -0.4 is 5.32 Å². The summed E-state index contributed by atoms with van der Waals surface area (Å²) in [5, 5.41) is 3.59. The predicted octanol–water partition coefficient (Wildman–Crippen LogP) is 5.31. The molecule has 0 unspecified atom stereocenters. The van der Waals surface area contributed by atoms with Gasteiger partial charge in [-0.05, 0) is 60.1 Å². The van der Waals surface area contributed by atoms with Gasteiger partial charge in [0.25, 0.3) is 0 Å². The van der Waals surface area contributed by atoms with E-state index in [2.05, 4.69) is 43.4 Å². The van der Waals surface area contributed by atoms with Crippen LogP contribution in [0.3, 0.4) is 0 Å². The summed E-state index contributed by atoms with van der Waals surface area (Å²) in [5.74, 6) is 0.910. The van der Waals surface area contributed by atoms with Crippen molar-refractivity contribution >= 4 is 5.69 Å². The van der Waals surface area contributed by atoms with Crippen molar-refractivity contribution in [3.05, 3.63) is 65.5 Å². The maximum Gasteiger partial charge on any atom is 0.123 e. The normalized spacial score (nSPS) is 21.1. The molecule has 1 aliphatic rings. The number of halogens is 1. The summed E-state index contributed by atoms with van der Waals surface area (Å²) in [6, 6.07) is 16.2. The van der Waals surface area contributed by atoms with Gasteiger partial charge >= 0.3 is 0 Å². The van der Waals surface area contributed by atoms with Gasteiger partial charge < -0.3 is 5.32 Å². The van der Waals surface area contributed by atoms with Crippen molar-refractivity contribution in [3.63, 3.8) is 0 Å². The topological polar surface area (TPSA) is 12.0 Å². The van der Waals surface area contributed by atoms with Crippen LogP contribution in [0.1, 0.15) is 49.7 Å². The lowest BCUT2D eigenvalue weighted by Crippen LogP contribution is -2.34. The highest BCUT2D eigenvalue weighted by atomic mass is 19.1. The van der Waals surface area contributed by atoms with E-state index in [1.807, 2.05) is 6.07 Å². The minimum absolute atomic E-state index is 0.131. The highest BCUT2D eigenvalue weighted by molar-refractivity contribution is 5.48. The second-order valence-electron chi connectivity index (χ2n) is 6.34. The van der Waals surface area contributed by atoms with E-state index >= 15 is 0 Å². The minimum atomic E-state index is -0.131. The van der Waals surface area contributed by atoms with Crippen LogP contribution in [0.15, 0.2) is 48.5 Å². The Labute approximate surface area is 126 Å². The number of rotatable bonds is 4. The van der Waals surface area contributed by atoms with Crippen molar-refractivity contribution in [2.75, 3.05) is 5.32 Å². The van der Waals surface area contributed by atoms with E-state index in [0.717, 1.165) is 18.4 Å². The summed E-state index contributed by atoms with van der Waals surface area (Å²) in [5.41, 5.74) is 3.69. The zero-order valence-corrected chi connectivity index (χ0v) is 12.6. The van der Waals surface area contributed by atoms with Crippen molar-refractivity contribution in [2.24, 2.45) is 0 Å². The first-order valence-corrected chi connectivity index (χ1v) is 7.74. The van der Waals surface area contributed by atoms with E-state index in [1.165, 1.54) is 17.3 Å². The highest BCUT2D eigenvalue weighted by Gasteiger charge is 2.30. The maximum atomic E-state index is 13.2. The zero-order valence-electron chi connectivity index (χ0n) is 12.6. The Morgan fingerprint density at radius 1 is 1.05 bits per heavy atom. The molecule has 110 valence electrons. The Kier molecular flexibility index (Phi) is 3.96. The van der Waals surface area contributed by atoms with E-state index in [1.54, 1.807) is 12.1 Å². The summed E-state index contributed by atoms with van der Waals surface area (Å²) in [4.78, 5) is 0. The summed E-state index contributed by atoms with van der Waals surface area (Å²) in [6.07, 6.45) is 2.16. The van der Waals surface area contributed by atoms with Gasteiger partial charge in [0.1, 0.15) is 5.82 Å². The van der Waals surface area contributed by atoms with Gasteiger partial charge in [-0.3, -0.25) is 0 Å². The molecule has 1 nitrogen and oxygen atoms in total. The predicted molar refractivity (Wildman–Crippen MR) is 86.3 cm³/mol. The molecule has 0 aromatic heterocycles.